The fraction of sp³-hybridized carbons (Fsp3) is 0.429. The van der Waals surface area contributed by atoms with Crippen molar-refractivity contribution in [3.63, 3.8) is 0 Å². The Morgan fingerprint density at radius 2 is 2.28 bits per heavy atom. The van der Waals surface area contributed by atoms with Crippen LogP contribution >= 0.6 is 11.3 Å². The Hall–Kier alpha value is -2.74. The summed E-state index contributed by atoms with van der Waals surface area (Å²) in [6, 6.07) is 7.85. The smallest absolute Gasteiger partial charge is 0.254 e. The molecule has 3 aromatic heterocycles. The van der Waals surface area contributed by atoms with Crippen LogP contribution in [0.5, 0.6) is 5.88 Å². The van der Waals surface area contributed by atoms with E-state index in [9.17, 15) is 4.79 Å². The average Bonchev–Trinajstić information content (AvgIpc) is 3.43. The zero-order chi connectivity index (χ0) is 20.2. The molecule has 3 aromatic rings. The van der Waals surface area contributed by atoms with Crippen LogP contribution in [0.1, 0.15) is 42.5 Å². The van der Waals surface area contributed by atoms with Gasteiger partial charge in [-0.05, 0) is 42.4 Å². The number of amides is 1. The van der Waals surface area contributed by atoms with Crippen molar-refractivity contribution in [1.82, 2.24) is 20.0 Å². The van der Waals surface area contributed by atoms with Crippen LogP contribution < -0.4 is 4.74 Å². The summed E-state index contributed by atoms with van der Waals surface area (Å²) in [4.78, 5) is 25.3. The van der Waals surface area contributed by atoms with Crippen LogP contribution in [0.4, 0.5) is 0 Å². The molecule has 1 amide bonds. The lowest BCUT2D eigenvalue weighted by molar-refractivity contribution is -0.132. The fourth-order valence-corrected chi connectivity index (χ4v) is 4.32. The van der Waals surface area contributed by atoms with Crippen molar-refractivity contribution in [3.8, 4) is 16.5 Å². The molecule has 152 valence electrons. The second-order valence-corrected chi connectivity index (χ2v) is 8.19. The highest BCUT2D eigenvalue weighted by atomic mass is 32.1. The molecule has 1 aliphatic heterocycles. The zero-order valence-electron chi connectivity index (χ0n) is 16.6. The molecule has 0 unspecified atom stereocenters. The average molecular weight is 413 g/mol. The minimum Gasteiger partial charge on any atom is -0.479 e. The quantitative estimate of drug-likeness (QED) is 0.612. The first kappa shape index (κ1) is 19.6. The van der Waals surface area contributed by atoms with Crippen molar-refractivity contribution in [3.05, 3.63) is 46.9 Å². The Kier molecular flexibility index (Phi) is 5.89. The number of hydrogen-bond acceptors (Lipinski definition) is 7. The van der Waals surface area contributed by atoms with Crippen molar-refractivity contribution in [2.45, 2.75) is 38.5 Å². The van der Waals surface area contributed by atoms with Gasteiger partial charge in [0.2, 0.25) is 5.91 Å². The summed E-state index contributed by atoms with van der Waals surface area (Å²) in [5.41, 5.74) is 1.92. The first-order chi connectivity index (χ1) is 14.1. The second-order valence-electron chi connectivity index (χ2n) is 7.24. The highest BCUT2D eigenvalue weighted by Crippen LogP contribution is 2.29. The Morgan fingerprint density at radius 1 is 1.38 bits per heavy atom. The summed E-state index contributed by atoms with van der Waals surface area (Å²) in [6.07, 6.45) is 2.86. The first-order valence-corrected chi connectivity index (χ1v) is 10.7. The number of carbonyl (C=O) groups is 1. The van der Waals surface area contributed by atoms with E-state index in [1.807, 2.05) is 24.0 Å². The maximum atomic E-state index is 12.7. The molecule has 8 heteroatoms. The van der Waals surface area contributed by atoms with Gasteiger partial charge in [0.25, 0.3) is 5.88 Å². The molecule has 1 fully saturated rings. The molecule has 1 aliphatic rings. The molecule has 0 bridgehead atoms. The molecule has 7 nitrogen and oxygen atoms in total. The van der Waals surface area contributed by atoms with Crippen molar-refractivity contribution < 1.29 is 14.1 Å². The van der Waals surface area contributed by atoms with Crippen LogP contribution in [0.25, 0.3) is 10.6 Å². The van der Waals surface area contributed by atoms with E-state index in [1.54, 1.807) is 17.4 Å². The molecule has 1 saturated heterocycles. The van der Waals surface area contributed by atoms with Gasteiger partial charge in [0.05, 0.1) is 17.7 Å². The van der Waals surface area contributed by atoms with Gasteiger partial charge < -0.3 is 14.2 Å². The Morgan fingerprint density at radius 3 is 3.03 bits per heavy atom. The Bertz CT molecular complexity index is 970. The van der Waals surface area contributed by atoms with Crippen molar-refractivity contribution in [2.75, 3.05) is 20.2 Å². The summed E-state index contributed by atoms with van der Waals surface area (Å²) >= 11 is 1.68. The second kappa shape index (κ2) is 8.73. The molecule has 4 rings (SSSR count). The molecule has 0 radical (unpaired) electrons. The Labute approximate surface area is 173 Å². The number of carbonyl (C=O) groups excluding carboxylic acids is 1. The van der Waals surface area contributed by atoms with Gasteiger partial charge in [-0.25, -0.2) is 9.97 Å². The highest BCUT2D eigenvalue weighted by Gasteiger charge is 2.27. The maximum Gasteiger partial charge on any atom is 0.254 e. The summed E-state index contributed by atoms with van der Waals surface area (Å²) in [5.74, 6) is 2.22. The van der Waals surface area contributed by atoms with Gasteiger partial charge in [0.15, 0.2) is 0 Å². The molecular formula is C21H24N4O3S. The van der Waals surface area contributed by atoms with E-state index in [1.165, 1.54) is 7.11 Å². The number of hydrogen-bond donors (Lipinski definition) is 0. The van der Waals surface area contributed by atoms with E-state index in [0.29, 0.717) is 31.0 Å². The summed E-state index contributed by atoms with van der Waals surface area (Å²) in [7, 11) is 1.54. The standard InChI is InChI=1S/C21H24N4O3S/c1-14-11-17(18-6-4-10-29-18)23-21(22-14)15-5-3-9-25(13-15)20(26)8-7-16-12-19(27-2)24-28-16/h4,6,10-12,15H,3,5,7-9,13H2,1-2H3/t15-/m0/s1. The molecule has 0 aliphatic carbocycles. The van der Waals surface area contributed by atoms with Gasteiger partial charge >= 0.3 is 0 Å². The number of ether oxygens (including phenoxy) is 1. The Balaban J connectivity index is 1.42. The zero-order valence-corrected chi connectivity index (χ0v) is 17.4. The third kappa shape index (κ3) is 4.64. The van der Waals surface area contributed by atoms with E-state index in [-0.39, 0.29) is 11.8 Å². The highest BCUT2D eigenvalue weighted by molar-refractivity contribution is 7.13. The topological polar surface area (TPSA) is 81.4 Å². The molecule has 0 N–H and O–H groups in total. The molecule has 0 aromatic carbocycles. The lowest BCUT2D eigenvalue weighted by Crippen LogP contribution is -2.39. The largest absolute Gasteiger partial charge is 0.479 e. The maximum absolute atomic E-state index is 12.7. The van der Waals surface area contributed by atoms with Crippen LogP contribution in [-0.4, -0.2) is 46.1 Å². The minimum atomic E-state index is 0.121. The lowest BCUT2D eigenvalue weighted by Gasteiger charge is -2.32. The van der Waals surface area contributed by atoms with Crippen molar-refractivity contribution >= 4 is 17.2 Å². The monoisotopic (exact) mass is 412 g/mol. The summed E-state index contributed by atoms with van der Waals surface area (Å²) in [6.45, 7) is 3.43. The number of thiophene rings is 1. The number of likely N-dealkylation sites (tertiary alicyclic amines) is 1. The molecule has 29 heavy (non-hydrogen) atoms. The number of nitrogens with zero attached hydrogens (tertiary/aromatic N) is 4. The van der Waals surface area contributed by atoms with Crippen LogP contribution in [0.15, 0.2) is 34.2 Å². The summed E-state index contributed by atoms with van der Waals surface area (Å²) < 4.78 is 10.2. The minimum absolute atomic E-state index is 0.121. The number of aryl methyl sites for hydroxylation is 2. The predicted octanol–water partition coefficient (Wildman–Crippen LogP) is 3.85. The van der Waals surface area contributed by atoms with Crippen LogP contribution in [0.2, 0.25) is 0 Å². The van der Waals surface area contributed by atoms with Crippen LogP contribution in [0.3, 0.4) is 0 Å². The van der Waals surface area contributed by atoms with E-state index < -0.39 is 0 Å². The SMILES string of the molecule is COc1cc(CCC(=O)N2CCC[C@H](c3nc(C)cc(-c4cccs4)n3)C2)on1. The number of aromatic nitrogens is 3. The molecule has 1 atom stereocenters. The number of methoxy groups -OCH3 is 1. The van der Waals surface area contributed by atoms with Gasteiger partial charge in [0, 0.05) is 43.6 Å². The van der Waals surface area contributed by atoms with E-state index in [2.05, 4.69) is 21.6 Å². The van der Waals surface area contributed by atoms with E-state index in [0.717, 1.165) is 41.5 Å². The first-order valence-electron chi connectivity index (χ1n) is 9.79. The number of rotatable bonds is 6. The molecule has 4 heterocycles. The third-order valence-corrected chi connectivity index (χ3v) is 6.01. The molecule has 0 saturated carbocycles. The van der Waals surface area contributed by atoms with E-state index in [4.69, 9.17) is 14.2 Å². The van der Waals surface area contributed by atoms with Crippen molar-refractivity contribution in [2.24, 2.45) is 0 Å². The molecular weight excluding hydrogens is 388 g/mol. The normalized spacial score (nSPS) is 16.8. The fourth-order valence-electron chi connectivity index (χ4n) is 3.64. The third-order valence-electron chi connectivity index (χ3n) is 5.12. The van der Waals surface area contributed by atoms with Gasteiger partial charge in [-0.15, -0.1) is 11.3 Å². The van der Waals surface area contributed by atoms with Gasteiger partial charge in [-0.3, -0.25) is 4.79 Å². The summed E-state index contributed by atoms with van der Waals surface area (Å²) in [5, 5.41) is 5.83. The van der Waals surface area contributed by atoms with E-state index >= 15 is 0 Å². The number of piperidine rings is 1. The predicted molar refractivity (Wildman–Crippen MR) is 110 cm³/mol. The van der Waals surface area contributed by atoms with Gasteiger partial charge in [0.1, 0.15) is 11.6 Å². The van der Waals surface area contributed by atoms with Gasteiger partial charge in [-0.1, -0.05) is 6.07 Å². The van der Waals surface area contributed by atoms with Crippen molar-refractivity contribution in [1.29, 1.82) is 0 Å². The van der Waals surface area contributed by atoms with Gasteiger partial charge in [-0.2, -0.15) is 0 Å². The molecule has 0 spiro atoms. The lowest BCUT2D eigenvalue weighted by atomic mass is 9.96. The van der Waals surface area contributed by atoms with Crippen LogP contribution in [-0.2, 0) is 11.2 Å². The van der Waals surface area contributed by atoms with Crippen LogP contribution in [0, 0.1) is 6.92 Å².